The number of aromatic nitrogens is 2. The number of benzene rings is 2. The van der Waals surface area contributed by atoms with Gasteiger partial charge in [0.2, 0.25) is 0 Å². The molecule has 5 rings (SSSR count). The lowest BCUT2D eigenvalue weighted by atomic mass is 10.0. The van der Waals surface area contributed by atoms with Gasteiger partial charge in [-0.15, -0.1) is 22.7 Å². The number of hydrogen-bond acceptors (Lipinski definition) is 5. The fourth-order valence-corrected chi connectivity index (χ4v) is 7.61. The largest absolute Gasteiger partial charge is 0.173 e. The Kier molecular flexibility index (Phi) is 6.96. The van der Waals surface area contributed by atoms with Crippen LogP contribution in [0.15, 0.2) is 48.5 Å². The van der Waals surface area contributed by atoms with Crippen molar-refractivity contribution in [2.24, 2.45) is 0 Å². The summed E-state index contributed by atoms with van der Waals surface area (Å²) in [5.41, 5.74) is 9.92. The van der Waals surface area contributed by atoms with Crippen molar-refractivity contribution < 1.29 is 0 Å². The van der Waals surface area contributed by atoms with Gasteiger partial charge in [-0.3, -0.25) is 0 Å². The highest BCUT2D eigenvalue weighted by Crippen LogP contribution is 2.45. The van der Waals surface area contributed by atoms with E-state index in [1.165, 1.54) is 90.3 Å². The van der Waals surface area contributed by atoms with Gasteiger partial charge >= 0.3 is 0 Å². The first-order valence-electron chi connectivity index (χ1n) is 12.1. The topological polar surface area (TPSA) is 25.8 Å². The minimum absolute atomic E-state index is 1.04. The maximum atomic E-state index is 4.65. The Bertz CT molecular complexity index is 1420. The number of fused-ring (bicyclic) bond motifs is 1. The molecule has 3 heterocycles. The van der Waals surface area contributed by atoms with Crippen molar-refractivity contribution in [1.29, 1.82) is 0 Å². The number of nitrogens with zero attached hydrogens (tertiary/aromatic N) is 2. The highest BCUT2D eigenvalue weighted by molar-refractivity contribution is 7.25. The van der Waals surface area contributed by atoms with Crippen LogP contribution in [0.2, 0.25) is 0 Å². The van der Waals surface area contributed by atoms with Gasteiger partial charge in [0.25, 0.3) is 0 Å². The van der Waals surface area contributed by atoms with Crippen LogP contribution in [0, 0.1) is 20.8 Å². The molecular formula is C29H30N2S3. The standard InChI is InChI=1S/C29H30N2S3/c1-5-6-7-8-9-21-17-26(23-11-10-20(4)27-28(23)31-34-30-27)33-29(21)25-13-12-24(32-25)22-15-18(2)14-19(3)16-22/h10-17H,5-9H2,1-4H3. The van der Waals surface area contributed by atoms with E-state index in [9.17, 15) is 0 Å². The second-order valence-electron chi connectivity index (χ2n) is 9.21. The summed E-state index contributed by atoms with van der Waals surface area (Å²) in [5, 5.41) is 0. The summed E-state index contributed by atoms with van der Waals surface area (Å²) in [4.78, 5) is 5.44. The molecule has 0 fully saturated rings. The van der Waals surface area contributed by atoms with E-state index in [1.807, 2.05) is 22.7 Å². The van der Waals surface area contributed by atoms with E-state index in [4.69, 9.17) is 0 Å². The molecule has 0 radical (unpaired) electrons. The molecule has 0 unspecified atom stereocenters. The van der Waals surface area contributed by atoms with Crippen molar-refractivity contribution in [3.05, 3.63) is 70.8 Å². The molecule has 0 amide bonds. The molecular weight excluding hydrogens is 473 g/mol. The molecule has 34 heavy (non-hydrogen) atoms. The molecule has 5 heteroatoms. The van der Waals surface area contributed by atoms with Gasteiger partial charge in [-0.05, 0) is 68.5 Å². The molecule has 0 spiro atoms. The van der Waals surface area contributed by atoms with Gasteiger partial charge in [-0.2, -0.15) is 8.75 Å². The maximum absolute atomic E-state index is 4.65. The number of thiophene rings is 2. The third-order valence-corrected chi connectivity index (χ3v) is 9.38. The van der Waals surface area contributed by atoms with Crippen molar-refractivity contribution in [2.45, 2.75) is 59.8 Å². The van der Waals surface area contributed by atoms with Crippen LogP contribution in [-0.4, -0.2) is 8.75 Å². The molecule has 0 aliphatic rings. The first-order chi connectivity index (χ1) is 16.5. The Hall–Kier alpha value is -2.34. The third kappa shape index (κ3) is 4.74. The zero-order valence-electron chi connectivity index (χ0n) is 20.3. The first kappa shape index (κ1) is 23.4. The number of unbranched alkanes of at least 4 members (excludes halogenated alkanes) is 3. The molecule has 0 atom stereocenters. The van der Waals surface area contributed by atoms with Crippen LogP contribution in [0.3, 0.4) is 0 Å². The first-order valence-corrected chi connectivity index (χ1v) is 14.4. The monoisotopic (exact) mass is 502 g/mol. The second kappa shape index (κ2) is 10.1. The van der Waals surface area contributed by atoms with E-state index < -0.39 is 0 Å². The lowest BCUT2D eigenvalue weighted by Gasteiger charge is -2.03. The maximum Gasteiger partial charge on any atom is 0.113 e. The molecule has 0 saturated carbocycles. The smallest absolute Gasteiger partial charge is 0.113 e. The van der Waals surface area contributed by atoms with E-state index in [0.29, 0.717) is 0 Å². The van der Waals surface area contributed by atoms with Gasteiger partial charge in [-0.1, -0.05) is 67.6 Å². The van der Waals surface area contributed by atoms with Crippen LogP contribution < -0.4 is 0 Å². The summed E-state index contributed by atoms with van der Waals surface area (Å²) in [5.74, 6) is 0. The summed E-state index contributed by atoms with van der Waals surface area (Å²) in [6, 6.07) is 18.3. The van der Waals surface area contributed by atoms with Gasteiger partial charge in [0.05, 0.1) is 11.7 Å². The van der Waals surface area contributed by atoms with Crippen LogP contribution in [0.1, 0.15) is 54.9 Å². The second-order valence-corrected chi connectivity index (χ2v) is 11.9. The molecule has 0 aliphatic heterocycles. The van der Waals surface area contributed by atoms with E-state index in [-0.39, 0.29) is 0 Å². The Labute approximate surface area is 214 Å². The van der Waals surface area contributed by atoms with Crippen molar-refractivity contribution in [1.82, 2.24) is 8.75 Å². The zero-order valence-corrected chi connectivity index (χ0v) is 22.7. The predicted octanol–water partition coefficient (Wildman–Crippen LogP) is 9.86. The molecule has 2 nitrogen and oxygen atoms in total. The fourth-order valence-electron chi connectivity index (χ4n) is 4.62. The molecule has 5 aromatic rings. The molecule has 174 valence electrons. The Morgan fingerprint density at radius 1 is 0.706 bits per heavy atom. The van der Waals surface area contributed by atoms with Gasteiger partial charge in [0.1, 0.15) is 11.0 Å². The van der Waals surface area contributed by atoms with E-state index >= 15 is 0 Å². The lowest BCUT2D eigenvalue weighted by Crippen LogP contribution is -1.85. The van der Waals surface area contributed by atoms with E-state index in [1.54, 1.807) is 0 Å². The minimum Gasteiger partial charge on any atom is -0.173 e. The van der Waals surface area contributed by atoms with Crippen molar-refractivity contribution in [3.63, 3.8) is 0 Å². The van der Waals surface area contributed by atoms with Gasteiger partial charge < -0.3 is 0 Å². The highest BCUT2D eigenvalue weighted by Gasteiger charge is 2.18. The summed E-state index contributed by atoms with van der Waals surface area (Å²) in [6.07, 6.45) is 6.25. The lowest BCUT2D eigenvalue weighted by molar-refractivity contribution is 0.668. The molecule has 0 bridgehead atoms. The van der Waals surface area contributed by atoms with Gasteiger partial charge in [0, 0.05) is 25.1 Å². The number of rotatable bonds is 8. The summed E-state index contributed by atoms with van der Waals surface area (Å²) in [6.45, 7) is 8.76. The van der Waals surface area contributed by atoms with Gasteiger partial charge in [-0.25, -0.2) is 0 Å². The molecule has 2 aromatic carbocycles. The molecule has 3 aromatic heterocycles. The minimum atomic E-state index is 1.04. The van der Waals surface area contributed by atoms with E-state index in [0.717, 1.165) is 17.5 Å². The van der Waals surface area contributed by atoms with Crippen LogP contribution in [-0.2, 0) is 6.42 Å². The normalized spacial score (nSPS) is 11.5. The fraction of sp³-hybridized carbons (Fsp3) is 0.310. The SMILES string of the molecule is CCCCCCc1cc(-c2ccc(C)c3nsnc23)sc1-c1ccc(-c2cc(C)cc(C)c2)s1. The van der Waals surface area contributed by atoms with Crippen LogP contribution in [0.4, 0.5) is 0 Å². The summed E-state index contributed by atoms with van der Waals surface area (Å²) in [7, 11) is 0. The average molecular weight is 503 g/mol. The summed E-state index contributed by atoms with van der Waals surface area (Å²) < 4.78 is 9.20. The Morgan fingerprint density at radius 2 is 1.47 bits per heavy atom. The highest BCUT2D eigenvalue weighted by atomic mass is 32.1. The van der Waals surface area contributed by atoms with Crippen molar-refractivity contribution in [2.75, 3.05) is 0 Å². The van der Waals surface area contributed by atoms with Crippen molar-refractivity contribution >= 4 is 45.4 Å². The van der Waals surface area contributed by atoms with Crippen LogP contribution >= 0.6 is 34.4 Å². The molecule has 0 aliphatic carbocycles. The zero-order chi connectivity index (χ0) is 23.7. The predicted molar refractivity (Wildman–Crippen MR) is 152 cm³/mol. The van der Waals surface area contributed by atoms with Crippen LogP contribution in [0.5, 0.6) is 0 Å². The van der Waals surface area contributed by atoms with Crippen LogP contribution in [0.25, 0.3) is 41.7 Å². The average Bonchev–Trinajstić information content (AvgIpc) is 3.56. The quantitative estimate of drug-likeness (QED) is 0.197. The molecule has 0 saturated heterocycles. The Morgan fingerprint density at radius 3 is 2.26 bits per heavy atom. The third-order valence-electron chi connectivity index (χ3n) is 6.33. The number of aryl methyl sites for hydroxylation is 4. The van der Waals surface area contributed by atoms with E-state index in [2.05, 4.69) is 85.0 Å². The molecule has 0 N–H and O–H groups in total. The number of hydrogen-bond donors (Lipinski definition) is 0. The Balaban J connectivity index is 1.56. The van der Waals surface area contributed by atoms with Crippen molar-refractivity contribution in [3.8, 4) is 30.6 Å². The summed E-state index contributed by atoms with van der Waals surface area (Å²) >= 11 is 5.14. The van der Waals surface area contributed by atoms with Gasteiger partial charge in [0.15, 0.2) is 0 Å².